The lowest BCUT2D eigenvalue weighted by Gasteiger charge is -2.13. The second kappa shape index (κ2) is 6.62. The van der Waals surface area contributed by atoms with E-state index in [1.807, 2.05) is 37.4 Å². The molecule has 3 aromatic rings. The molecule has 6 heteroatoms. The van der Waals surface area contributed by atoms with Crippen LogP contribution in [0.2, 0.25) is 0 Å². The van der Waals surface area contributed by atoms with E-state index >= 15 is 0 Å². The summed E-state index contributed by atoms with van der Waals surface area (Å²) in [5.74, 6) is 1.84. The minimum absolute atomic E-state index is 0.555. The van der Waals surface area contributed by atoms with Crippen LogP contribution in [0.5, 0.6) is 11.5 Å². The molecule has 0 aliphatic heterocycles. The van der Waals surface area contributed by atoms with Gasteiger partial charge in [0.05, 0.1) is 25.4 Å². The van der Waals surface area contributed by atoms with Crippen molar-refractivity contribution in [1.82, 2.24) is 9.97 Å². The van der Waals surface area contributed by atoms with Crippen molar-refractivity contribution in [2.24, 2.45) is 0 Å². The van der Waals surface area contributed by atoms with Gasteiger partial charge in [-0.3, -0.25) is 0 Å². The summed E-state index contributed by atoms with van der Waals surface area (Å²) in [4.78, 5) is 9.18. The molecule has 0 aliphatic rings. The molecule has 0 bridgehead atoms. The Balaban J connectivity index is 2.32. The van der Waals surface area contributed by atoms with Crippen molar-refractivity contribution >= 4 is 22.5 Å². The zero-order valence-electron chi connectivity index (χ0n) is 14.2. The van der Waals surface area contributed by atoms with Gasteiger partial charge in [-0.05, 0) is 18.2 Å². The summed E-state index contributed by atoms with van der Waals surface area (Å²) in [5, 5.41) is 7.07. The Bertz CT molecular complexity index is 880. The molecule has 0 spiro atoms. The van der Waals surface area contributed by atoms with E-state index in [2.05, 4.69) is 26.7 Å². The fraction of sp³-hybridized carbons (Fsp3) is 0.222. The Morgan fingerprint density at radius 2 is 1.62 bits per heavy atom. The average Bonchev–Trinajstić information content (AvgIpc) is 2.65. The maximum Gasteiger partial charge on any atom is 0.223 e. The maximum atomic E-state index is 5.43. The van der Waals surface area contributed by atoms with E-state index in [-0.39, 0.29) is 0 Å². The number of methoxy groups -OCH3 is 2. The Hall–Kier alpha value is -3.02. The van der Waals surface area contributed by atoms with Crippen LogP contribution >= 0.6 is 0 Å². The van der Waals surface area contributed by atoms with E-state index < -0.39 is 0 Å². The van der Waals surface area contributed by atoms with Crippen LogP contribution in [0.15, 0.2) is 36.4 Å². The molecule has 0 amide bonds. The second-order valence-corrected chi connectivity index (χ2v) is 5.20. The lowest BCUT2D eigenvalue weighted by Crippen LogP contribution is -2.00. The van der Waals surface area contributed by atoms with Crippen LogP contribution in [0.3, 0.4) is 0 Å². The first-order chi connectivity index (χ1) is 11.7. The Morgan fingerprint density at radius 3 is 2.29 bits per heavy atom. The summed E-state index contributed by atoms with van der Waals surface area (Å²) in [7, 11) is 6.93. The van der Waals surface area contributed by atoms with Crippen LogP contribution < -0.4 is 20.1 Å². The number of benzene rings is 2. The third-order valence-electron chi connectivity index (χ3n) is 3.85. The van der Waals surface area contributed by atoms with Gasteiger partial charge in [0.2, 0.25) is 5.95 Å². The van der Waals surface area contributed by atoms with Crippen LogP contribution in [0.1, 0.15) is 0 Å². The SMILES string of the molecule is CNc1cccc(-c2nc(NC)nc3cc(OC)c(OC)cc23)c1. The molecular formula is C18H20N4O2. The summed E-state index contributed by atoms with van der Waals surface area (Å²) in [5.41, 5.74) is 3.64. The molecule has 0 unspecified atom stereocenters. The van der Waals surface area contributed by atoms with Crippen molar-refractivity contribution in [2.45, 2.75) is 0 Å². The van der Waals surface area contributed by atoms with Crippen LogP contribution in [-0.2, 0) is 0 Å². The zero-order chi connectivity index (χ0) is 17.1. The fourth-order valence-corrected chi connectivity index (χ4v) is 2.61. The molecule has 0 saturated heterocycles. The number of ether oxygens (including phenoxy) is 2. The molecule has 124 valence electrons. The van der Waals surface area contributed by atoms with Crippen molar-refractivity contribution in [1.29, 1.82) is 0 Å². The highest BCUT2D eigenvalue weighted by molar-refractivity contribution is 5.95. The monoisotopic (exact) mass is 324 g/mol. The Morgan fingerprint density at radius 1 is 0.875 bits per heavy atom. The highest BCUT2D eigenvalue weighted by Gasteiger charge is 2.14. The summed E-state index contributed by atoms with van der Waals surface area (Å²) >= 11 is 0. The van der Waals surface area contributed by atoms with Crippen LogP contribution in [0.4, 0.5) is 11.6 Å². The van der Waals surface area contributed by atoms with E-state index in [9.17, 15) is 0 Å². The third-order valence-corrected chi connectivity index (χ3v) is 3.85. The lowest BCUT2D eigenvalue weighted by atomic mass is 10.1. The van der Waals surface area contributed by atoms with E-state index in [0.29, 0.717) is 17.4 Å². The quantitative estimate of drug-likeness (QED) is 0.750. The highest BCUT2D eigenvalue weighted by Crippen LogP contribution is 2.36. The van der Waals surface area contributed by atoms with Gasteiger partial charge in [0.25, 0.3) is 0 Å². The summed E-state index contributed by atoms with van der Waals surface area (Å²) in [6.45, 7) is 0. The van der Waals surface area contributed by atoms with Gasteiger partial charge in [0.1, 0.15) is 0 Å². The molecule has 2 aromatic carbocycles. The smallest absolute Gasteiger partial charge is 0.223 e. The molecule has 24 heavy (non-hydrogen) atoms. The van der Waals surface area contributed by atoms with Gasteiger partial charge in [-0.2, -0.15) is 0 Å². The second-order valence-electron chi connectivity index (χ2n) is 5.20. The van der Waals surface area contributed by atoms with Crippen molar-refractivity contribution in [3.63, 3.8) is 0 Å². The summed E-state index contributed by atoms with van der Waals surface area (Å²) in [6, 6.07) is 11.9. The topological polar surface area (TPSA) is 68.3 Å². The van der Waals surface area contributed by atoms with Gasteiger partial charge < -0.3 is 20.1 Å². The van der Waals surface area contributed by atoms with Gasteiger partial charge in [-0.25, -0.2) is 9.97 Å². The fourth-order valence-electron chi connectivity index (χ4n) is 2.61. The molecule has 6 nitrogen and oxygen atoms in total. The van der Waals surface area contributed by atoms with Crippen LogP contribution in [0.25, 0.3) is 22.2 Å². The number of nitrogens with zero attached hydrogens (tertiary/aromatic N) is 2. The van der Waals surface area contributed by atoms with E-state index in [1.165, 1.54) is 0 Å². The molecule has 0 saturated carbocycles. The predicted molar refractivity (Wildman–Crippen MR) is 97.2 cm³/mol. The molecule has 2 N–H and O–H groups in total. The zero-order valence-corrected chi connectivity index (χ0v) is 14.2. The van der Waals surface area contributed by atoms with E-state index in [1.54, 1.807) is 21.3 Å². The number of rotatable bonds is 5. The number of hydrogen-bond donors (Lipinski definition) is 2. The molecule has 1 heterocycles. The van der Waals surface area contributed by atoms with Gasteiger partial charge >= 0.3 is 0 Å². The summed E-state index contributed by atoms with van der Waals surface area (Å²) < 4.78 is 10.8. The largest absolute Gasteiger partial charge is 0.493 e. The van der Waals surface area contributed by atoms with Crippen molar-refractivity contribution < 1.29 is 9.47 Å². The number of aromatic nitrogens is 2. The maximum absolute atomic E-state index is 5.43. The first-order valence-electron chi connectivity index (χ1n) is 7.60. The van der Waals surface area contributed by atoms with Gasteiger partial charge in [-0.1, -0.05) is 12.1 Å². The highest BCUT2D eigenvalue weighted by atomic mass is 16.5. The van der Waals surface area contributed by atoms with Crippen LogP contribution in [0, 0.1) is 0 Å². The normalized spacial score (nSPS) is 10.5. The number of anilines is 2. The standard InChI is InChI=1S/C18H20N4O2/c1-19-12-7-5-6-11(8-12)17-13-9-15(23-3)16(24-4)10-14(13)21-18(20-2)22-17/h5-10,19H,1-4H3,(H,20,21,22). The Kier molecular flexibility index (Phi) is 4.37. The van der Waals surface area contributed by atoms with Gasteiger partial charge in [-0.15, -0.1) is 0 Å². The van der Waals surface area contributed by atoms with Crippen LogP contribution in [-0.4, -0.2) is 38.3 Å². The van der Waals surface area contributed by atoms with Crippen molar-refractivity contribution in [2.75, 3.05) is 38.9 Å². The number of fused-ring (bicyclic) bond motifs is 1. The predicted octanol–water partition coefficient (Wildman–Crippen LogP) is 3.40. The summed E-state index contributed by atoms with van der Waals surface area (Å²) in [6.07, 6.45) is 0. The van der Waals surface area contributed by atoms with Crippen molar-refractivity contribution in [3.8, 4) is 22.8 Å². The molecule has 0 aliphatic carbocycles. The third kappa shape index (κ3) is 2.78. The first-order valence-corrected chi connectivity index (χ1v) is 7.60. The first kappa shape index (κ1) is 15.9. The number of hydrogen-bond acceptors (Lipinski definition) is 6. The molecular weight excluding hydrogens is 304 g/mol. The molecule has 0 radical (unpaired) electrons. The average molecular weight is 324 g/mol. The molecule has 1 aromatic heterocycles. The molecule has 3 rings (SSSR count). The molecule has 0 atom stereocenters. The van der Waals surface area contributed by atoms with Gasteiger partial charge in [0.15, 0.2) is 11.5 Å². The minimum Gasteiger partial charge on any atom is -0.493 e. The van der Waals surface area contributed by atoms with E-state index in [4.69, 9.17) is 9.47 Å². The number of nitrogens with one attached hydrogen (secondary N) is 2. The lowest BCUT2D eigenvalue weighted by molar-refractivity contribution is 0.356. The molecule has 0 fully saturated rings. The van der Waals surface area contributed by atoms with Gasteiger partial charge in [0, 0.05) is 36.8 Å². The van der Waals surface area contributed by atoms with E-state index in [0.717, 1.165) is 27.8 Å². The minimum atomic E-state index is 0.555. The van der Waals surface area contributed by atoms with Crippen molar-refractivity contribution in [3.05, 3.63) is 36.4 Å². The Labute approximate surface area is 140 Å².